The van der Waals surface area contributed by atoms with Crippen molar-refractivity contribution in [2.45, 2.75) is 32.0 Å². The fraction of sp³-hybridized carbons (Fsp3) is 0.400. The Labute approximate surface area is 145 Å². The van der Waals surface area contributed by atoms with Crippen LogP contribution in [0.25, 0.3) is 0 Å². The maximum Gasteiger partial charge on any atom is 0.573 e. The maximum atomic E-state index is 12.2. The summed E-state index contributed by atoms with van der Waals surface area (Å²) in [4.78, 5) is 13.9. The van der Waals surface area contributed by atoms with E-state index in [9.17, 15) is 23.3 Å². The van der Waals surface area contributed by atoms with Crippen LogP contribution in [0.3, 0.4) is 0 Å². The van der Waals surface area contributed by atoms with Gasteiger partial charge in [0.2, 0.25) is 0 Å². The number of nitrogens with zero attached hydrogens (tertiary/aromatic N) is 3. The summed E-state index contributed by atoms with van der Waals surface area (Å²) in [5.41, 5.74) is 0.655. The molecule has 3 rings (SSSR count). The molecule has 0 N–H and O–H groups in total. The Morgan fingerprint density at radius 1 is 1.38 bits per heavy atom. The van der Waals surface area contributed by atoms with Gasteiger partial charge in [0.1, 0.15) is 24.7 Å². The van der Waals surface area contributed by atoms with Crippen molar-refractivity contribution in [3.8, 4) is 11.8 Å². The summed E-state index contributed by atoms with van der Waals surface area (Å²) < 4.78 is 53.0. The van der Waals surface area contributed by atoms with Crippen LogP contribution in [0, 0.1) is 10.1 Å². The lowest BCUT2D eigenvalue weighted by atomic mass is 10.1. The number of hydrogen-bond acceptors (Lipinski definition) is 6. The largest absolute Gasteiger partial charge is 0.573 e. The molecule has 0 spiro atoms. The van der Waals surface area contributed by atoms with Crippen molar-refractivity contribution in [3.63, 3.8) is 0 Å². The molecule has 0 fully saturated rings. The number of halogens is 3. The summed E-state index contributed by atoms with van der Waals surface area (Å²) in [7, 11) is 0. The van der Waals surface area contributed by atoms with E-state index >= 15 is 0 Å². The van der Waals surface area contributed by atoms with Gasteiger partial charge in [-0.05, 0) is 29.5 Å². The number of aromatic nitrogens is 2. The molecule has 0 saturated carbocycles. The highest BCUT2D eigenvalue weighted by Crippen LogP contribution is 2.28. The van der Waals surface area contributed by atoms with Crippen molar-refractivity contribution in [2.24, 2.45) is 0 Å². The predicted octanol–water partition coefficient (Wildman–Crippen LogP) is 3.23. The molecule has 2 heterocycles. The van der Waals surface area contributed by atoms with Crippen molar-refractivity contribution in [2.75, 3.05) is 6.61 Å². The molecule has 1 aliphatic rings. The second-order valence-electron chi connectivity index (χ2n) is 5.62. The quantitative estimate of drug-likeness (QED) is 0.591. The fourth-order valence-corrected chi connectivity index (χ4v) is 2.55. The molecule has 0 saturated heterocycles. The summed E-state index contributed by atoms with van der Waals surface area (Å²) in [5.74, 6) is -0.626. The van der Waals surface area contributed by atoms with E-state index in [1.807, 2.05) is 0 Å². The minimum Gasteiger partial charge on any atom is -0.443 e. The number of nitro groups is 1. The minimum atomic E-state index is -4.74. The molecule has 1 aromatic carbocycles. The first-order chi connectivity index (χ1) is 12.2. The van der Waals surface area contributed by atoms with Crippen LogP contribution >= 0.6 is 0 Å². The van der Waals surface area contributed by atoms with Gasteiger partial charge in [0.25, 0.3) is 0 Å². The van der Waals surface area contributed by atoms with Crippen molar-refractivity contribution in [1.29, 1.82) is 0 Å². The number of rotatable bonds is 5. The second kappa shape index (κ2) is 6.83. The van der Waals surface area contributed by atoms with Gasteiger partial charge in [-0.1, -0.05) is 12.1 Å². The first-order valence-corrected chi connectivity index (χ1v) is 7.57. The van der Waals surface area contributed by atoms with Crippen LogP contribution in [-0.4, -0.2) is 33.5 Å². The Kier molecular flexibility index (Phi) is 4.72. The van der Waals surface area contributed by atoms with Crippen LogP contribution in [0.15, 0.2) is 30.5 Å². The zero-order valence-electron chi connectivity index (χ0n) is 13.5. The summed E-state index contributed by atoms with van der Waals surface area (Å²) in [6.45, 7) is 2.22. The Hall–Kier alpha value is -2.82. The molecule has 2 aromatic rings. The van der Waals surface area contributed by atoms with Crippen LogP contribution in [0.2, 0.25) is 0 Å². The lowest BCUT2D eigenvalue weighted by Gasteiger charge is -2.25. The molecule has 0 radical (unpaired) electrons. The number of fused-ring (bicyclic) bond motifs is 1. The zero-order valence-corrected chi connectivity index (χ0v) is 13.5. The first kappa shape index (κ1) is 18.0. The Balaban J connectivity index is 1.61. The van der Waals surface area contributed by atoms with E-state index in [1.165, 1.54) is 35.0 Å². The highest BCUT2D eigenvalue weighted by atomic mass is 19.4. The third kappa shape index (κ3) is 4.23. The van der Waals surface area contributed by atoms with Crippen LogP contribution in [0.5, 0.6) is 11.8 Å². The van der Waals surface area contributed by atoms with Crippen molar-refractivity contribution in [3.05, 3.63) is 46.1 Å². The van der Waals surface area contributed by atoms with Crippen LogP contribution in [0.4, 0.5) is 19.0 Å². The van der Waals surface area contributed by atoms with Crippen LogP contribution in [0.1, 0.15) is 18.6 Å². The Morgan fingerprint density at radius 2 is 2.08 bits per heavy atom. The van der Waals surface area contributed by atoms with E-state index in [4.69, 9.17) is 9.47 Å². The fourth-order valence-electron chi connectivity index (χ4n) is 2.55. The smallest absolute Gasteiger partial charge is 0.443 e. The second-order valence-corrected chi connectivity index (χ2v) is 5.62. The van der Waals surface area contributed by atoms with Gasteiger partial charge in [-0.15, -0.1) is 13.2 Å². The van der Waals surface area contributed by atoms with Gasteiger partial charge in [0.15, 0.2) is 0 Å². The Bertz CT molecular complexity index is 791. The summed E-state index contributed by atoms with van der Waals surface area (Å²) in [5, 5.41) is 10.7. The molecule has 0 bridgehead atoms. The standard InChI is InChI=1S/C15H14F3N3O5/c1-9(10-2-4-11(5-3-10)26-15(16,17)18)25-12-6-20-7-13(21(22)23)19-14(20)24-8-12/h2-5,7,9,12H,6,8H2,1H3/t9?,12-/m0/s1. The maximum absolute atomic E-state index is 12.2. The van der Waals surface area contributed by atoms with Gasteiger partial charge in [0, 0.05) is 4.98 Å². The molecule has 2 atom stereocenters. The molecule has 1 aliphatic heterocycles. The number of imidazole rings is 1. The third-order valence-electron chi connectivity index (χ3n) is 3.69. The lowest BCUT2D eigenvalue weighted by Crippen LogP contribution is -2.32. The number of benzene rings is 1. The van der Waals surface area contributed by atoms with E-state index in [2.05, 4.69) is 9.72 Å². The third-order valence-corrected chi connectivity index (χ3v) is 3.69. The van der Waals surface area contributed by atoms with E-state index in [0.29, 0.717) is 12.1 Å². The molecule has 0 aliphatic carbocycles. The zero-order chi connectivity index (χ0) is 18.9. The summed E-state index contributed by atoms with van der Waals surface area (Å²) >= 11 is 0. The van der Waals surface area contributed by atoms with Crippen LogP contribution in [-0.2, 0) is 11.3 Å². The number of ether oxygens (including phenoxy) is 3. The van der Waals surface area contributed by atoms with E-state index in [-0.39, 0.29) is 24.2 Å². The molecule has 1 aromatic heterocycles. The predicted molar refractivity (Wildman–Crippen MR) is 80.8 cm³/mol. The lowest BCUT2D eigenvalue weighted by molar-refractivity contribution is -0.389. The Morgan fingerprint density at radius 3 is 2.69 bits per heavy atom. The van der Waals surface area contributed by atoms with E-state index in [1.54, 1.807) is 6.92 Å². The normalized spacial score (nSPS) is 17.9. The topological polar surface area (TPSA) is 88.6 Å². The molecule has 26 heavy (non-hydrogen) atoms. The monoisotopic (exact) mass is 373 g/mol. The summed E-state index contributed by atoms with van der Waals surface area (Å²) in [6, 6.07) is 5.51. The van der Waals surface area contributed by atoms with Crippen molar-refractivity contribution >= 4 is 5.82 Å². The molecule has 0 amide bonds. The van der Waals surface area contributed by atoms with Gasteiger partial charge in [-0.2, -0.15) is 0 Å². The van der Waals surface area contributed by atoms with Gasteiger partial charge >= 0.3 is 18.2 Å². The van der Waals surface area contributed by atoms with Gasteiger partial charge in [-0.25, -0.2) is 0 Å². The molecule has 11 heteroatoms. The van der Waals surface area contributed by atoms with Gasteiger partial charge in [0.05, 0.1) is 12.6 Å². The van der Waals surface area contributed by atoms with E-state index in [0.717, 1.165) is 0 Å². The van der Waals surface area contributed by atoms with Crippen molar-refractivity contribution in [1.82, 2.24) is 9.55 Å². The van der Waals surface area contributed by atoms with Crippen LogP contribution < -0.4 is 9.47 Å². The average molecular weight is 373 g/mol. The highest BCUT2D eigenvalue weighted by Gasteiger charge is 2.31. The van der Waals surface area contributed by atoms with Crippen molar-refractivity contribution < 1.29 is 32.3 Å². The van der Waals surface area contributed by atoms with Gasteiger partial charge < -0.3 is 24.3 Å². The van der Waals surface area contributed by atoms with Gasteiger partial charge in [-0.3, -0.25) is 4.57 Å². The number of alkyl halides is 3. The number of hydrogen-bond donors (Lipinski definition) is 0. The molecule has 1 unspecified atom stereocenters. The summed E-state index contributed by atoms with van der Waals surface area (Å²) in [6.07, 6.45) is -4.30. The molecular weight excluding hydrogens is 359 g/mol. The molecule has 140 valence electrons. The van der Waals surface area contributed by atoms with E-state index < -0.39 is 23.5 Å². The molecule has 8 nitrogen and oxygen atoms in total. The average Bonchev–Trinajstić information content (AvgIpc) is 2.97. The highest BCUT2D eigenvalue weighted by molar-refractivity contribution is 5.28. The molecular formula is C15H14F3N3O5. The first-order valence-electron chi connectivity index (χ1n) is 7.57. The minimum absolute atomic E-state index is 0.151. The SMILES string of the molecule is CC(O[C@@H]1COc2nc([N+](=O)[O-])cn2C1)c1ccc(OC(F)(F)F)cc1.